The number of unbranched alkanes of at least 4 members (excludes halogenated alkanes) is 1. The molecule has 194 valence electrons. The summed E-state index contributed by atoms with van der Waals surface area (Å²) in [4.78, 5) is 28.9. The van der Waals surface area contributed by atoms with E-state index in [1.807, 2.05) is 10.9 Å². The van der Waals surface area contributed by atoms with Crippen LogP contribution in [0, 0.1) is 0 Å². The average Bonchev–Trinajstić information content (AvgIpc) is 3.63. The molecule has 0 spiro atoms. The summed E-state index contributed by atoms with van der Waals surface area (Å²) >= 11 is 7.39. The van der Waals surface area contributed by atoms with Gasteiger partial charge in [0, 0.05) is 41.3 Å². The monoisotopic (exact) mass is 539 g/mol. The molecule has 12 heteroatoms. The molecule has 37 heavy (non-hydrogen) atoms. The van der Waals surface area contributed by atoms with E-state index in [4.69, 9.17) is 16.7 Å². The van der Waals surface area contributed by atoms with Gasteiger partial charge in [-0.05, 0) is 63.5 Å². The molecule has 10 nitrogen and oxygen atoms in total. The minimum Gasteiger partial charge on any atom is -0.368 e. The van der Waals surface area contributed by atoms with Gasteiger partial charge in [0.2, 0.25) is 0 Å². The molecule has 1 saturated heterocycles. The van der Waals surface area contributed by atoms with Crippen LogP contribution in [0.15, 0.2) is 43.0 Å². The first-order valence-electron chi connectivity index (χ1n) is 12.5. The van der Waals surface area contributed by atoms with Crippen molar-refractivity contribution in [2.24, 2.45) is 0 Å². The normalized spacial score (nSPS) is 13.8. The van der Waals surface area contributed by atoms with Crippen LogP contribution < -0.4 is 16.0 Å². The number of likely N-dealkylation sites (tertiary alicyclic amines) is 1. The number of amides is 2. The summed E-state index contributed by atoms with van der Waals surface area (Å²) < 4.78 is 1.98. The van der Waals surface area contributed by atoms with Gasteiger partial charge in [-0.2, -0.15) is 5.10 Å². The Bertz CT molecular complexity index is 1330. The maximum Gasteiger partial charge on any atom is 0.325 e. The molecule has 4 heterocycles. The quantitative estimate of drug-likeness (QED) is 0.227. The van der Waals surface area contributed by atoms with Crippen LogP contribution in [0.3, 0.4) is 0 Å². The number of hydrogen-bond donors (Lipinski definition) is 3. The number of aryl methyl sites for hydroxylation is 1. The van der Waals surface area contributed by atoms with Crippen LogP contribution in [-0.4, -0.2) is 61.8 Å². The molecule has 0 atom stereocenters. The third kappa shape index (κ3) is 7.15. The molecular formula is C25H30ClN9OS. The van der Waals surface area contributed by atoms with Gasteiger partial charge in [-0.3, -0.25) is 10.00 Å². The van der Waals surface area contributed by atoms with Gasteiger partial charge in [-0.15, -0.1) is 11.3 Å². The lowest BCUT2D eigenvalue weighted by molar-refractivity contribution is 0.262. The summed E-state index contributed by atoms with van der Waals surface area (Å²) in [6, 6.07) is 6.62. The van der Waals surface area contributed by atoms with Crippen LogP contribution >= 0.6 is 22.9 Å². The predicted molar refractivity (Wildman–Crippen MR) is 149 cm³/mol. The molecule has 3 N–H and O–H groups in total. The van der Waals surface area contributed by atoms with E-state index < -0.39 is 0 Å². The Kier molecular flexibility index (Phi) is 8.44. The first kappa shape index (κ1) is 25.4. The van der Waals surface area contributed by atoms with Crippen molar-refractivity contribution in [2.75, 3.05) is 42.1 Å². The van der Waals surface area contributed by atoms with Crippen molar-refractivity contribution >= 4 is 56.6 Å². The molecule has 1 aliphatic rings. The van der Waals surface area contributed by atoms with Gasteiger partial charge in [-0.25, -0.2) is 19.7 Å². The molecule has 3 aromatic heterocycles. The minimum absolute atomic E-state index is 0.365. The second-order valence-corrected chi connectivity index (χ2v) is 10.6. The molecule has 0 unspecified atom stereocenters. The van der Waals surface area contributed by atoms with E-state index in [1.54, 1.807) is 36.8 Å². The number of nitrogens with zero attached hydrogens (tertiary/aromatic N) is 6. The van der Waals surface area contributed by atoms with Crippen molar-refractivity contribution in [3.8, 4) is 0 Å². The third-order valence-corrected chi connectivity index (χ3v) is 7.39. The van der Waals surface area contributed by atoms with Crippen molar-refractivity contribution in [2.45, 2.75) is 38.6 Å². The van der Waals surface area contributed by atoms with E-state index in [0.29, 0.717) is 22.4 Å². The summed E-state index contributed by atoms with van der Waals surface area (Å²) in [7, 11) is 0. The molecular weight excluding hydrogens is 510 g/mol. The second kappa shape index (κ2) is 12.3. The van der Waals surface area contributed by atoms with Gasteiger partial charge in [0.05, 0.1) is 6.20 Å². The number of thiazole rings is 1. The number of hydrogen-bond acceptors (Lipinski definition) is 8. The van der Waals surface area contributed by atoms with Crippen molar-refractivity contribution < 1.29 is 4.79 Å². The average molecular weight is 540 g/mol. The Balaban J connectivity index is 1.08. The van der Waals surface area contributed by atoms with Gasteiger partial charge >= 0.3 is 6.03 Å². The molecule has 1 aliphatic heterocycles. The Morgan fingerprint density at radius 3 is 2.81 bits per heavy atom. The maximum atomic E-state index is 12.2. The van der Waals surface area contributed by atoms with Crippen LogP contribution in [0.4, 0.5) is 21.4 Å². The van der Waals surface area contributed by atoms with E-state index in [2.05, 4.69) is 35.8 Å². The highest BCUT2D eigenvalue weighted by molar-refractivity contribution is 7.15. The first-order valence-corrected chi connectivity index (χ1v) is 13.7. The highest BCUT2D eigenvalue weighted by Gasteiger charge is 2.12. The van der Waals surface area contributed by atoms with Crippen LogP contribution in [-0.2, 0) is 13.0 Å². The van der Waals surface area contributed by atoms with Gasteiger partial charge in [0.25, 0.3) is 0 Å². The Labute approximate surface area is 224 Å². The molecule has 0 saturated carbocycles. The Morgan fingerprint density at radius 2 is 1.95 bits per heavy atom. The van der Waals surface area contributed by atoms with Gasteiger partial charge < -0.3 is 15.5 Å². The fraction of sp³-hybridized carbons (Fsp3) is 0.400. The Morgan fingerprint density at radius 1 is 1.08 bits per heavy atom. The molecule has 0 bridgehead atoms. The van der Waals surface area contributed by atoms with Crippen LogP contribution in [0.2, 0.25) is 5.02 Å². The highest BCUT2D eigenvalue weighted by atomic mass is 35.5. The Hall–Kier alpha value is -3.28. The summed E-state index contributed by atoms with van der Waals surface area (Å²) in [6.45, 7) is 5.20. The topological polar surface area (TPSA) is 113 Å². The van der Waals surface area contributed by atoms with E-state index >= 15 is 0 Å². The number of carbonyl (C=O) groups excluding carboxylic acids is 1. The fourth-order valence-corrected chi connectivity index (χ4v) is 5.35. The number of halogens is 1. The zero-order valence-electron chi connectivity index (χ0n) is 20.5. The number of nitrogens with one attached hydrogen (secondary N) is 3. The smallest absolute Gasteiger partial charge is 0.325 e. The number of benzene rings is 1. The molecule has 1 fully saturated rings. The summed E-state index contributed by atoms with van der Waals surface area (Å²) in [5, 5.41) is 14.7. The van der Waals surface area contributed by atoms with Crippen molar-refractivity contribution in [1.29, 1.82) is 0 Å². The zero-order valence-corrected chi connectivity index (χ0v) is 22.1. The molecule has 5 rings (SSSR count). The third-order valence-electron chi connectivity index (χ3n) is 6.18. The van der Waals surface area contributed by atoms with Gasteiger partial charge in [-0.1, -0.05) is 17.7 Å². The summed E-state index contributed by atoms with van der Waals surface area (Å²) in [5.74, 6) is 0.726. The molecule has 0 radical (unpaired) electrons. The minimum atomic E-state index is -0.365. The van der Waals surface area contributed by atoms with Crippen molar-refractivity contribution in [3.05, 3.63) is 52.9 Å². The van der Waals surface area contributed by atoms with Crippen LogP contribution in [0.1, 0.15) is 30.6 Å². The molecule has 4 aromatic rings. The second-order valence-electron chi connectivity index (χ2n) is 9.00. The highest BCUT2D eigenvalue weighted by Crippen LogP contribution is 2.21. The lowest BCUT2D eigenvalue weighted by atomic mass is 10.3. The first-order chi connectivity index (χ1) is 18.1. The number of anilines is 3. The van der Waals surface area contributed by atoms with Crippen LogP contribution in [0.5, 0.6) is 0 Å². The fourth-order valence-electron chi connectivity index (χ4n) is 4.35. The van der Waals surface area contributed by atoms with E-state index in [0.717, 1.165) is 41.1 Å². The number of carbonyl (C=O) groups is 1. The molecule has 1 aromatic carbocycles. The number of fused-ring (bicyclic) bond motifs is 1. The maximum absolute atomic E-state index is 12.2. The van der Waals surface area contributed by atoms with Crippen LogP contribution in [0.25, 0.3) is 11.0 Å². The SMILES string of the molecule is O=C(Nc1cccc(Cl)c1)Nc1ncc(CCNc2ncnc3cn(CCCCN4CCCC4)nc23)s1. The summed E-state index contributed by atoms with van der Waals surface area (Å²) in [6.07, 6.45) is 11.0. The predicted octanol–water partition coefficient (Wildman–Crippen LogP) is 5.11. The summed E-state index contributed by atoms with van der Waals surface area (Å²) in [5.41, 5.74) is 2.24. The van der Waals surface area contributed by atoms with Gasteiger partial charge in [0.1, 0.15) is 11.8 Å². The molecule has 2 amide bonds. The van der Waals surface area contributed by atoms with E-state index in [9.17, 15) is 4.79 Å². The lowest BCUT2D eigenvalue weighted by Gasteiger charge is -2.13. The number of aromatic nitrogens is 5. The van der Waals surface area contributed by atoms with Crippen molar-refractivity contribution in [1.82, 2.24) is 29.6 Å². The van der Waals surface area contributed by atoms with E-state index in [-0.39, 0.29) is 6.03 Å². The number of urea groups is 1. The lowest BCUT2D eigenvalue weighted by Crippen LogP contribution is -2.20. The number of rotatable bonds is 11. The van der Waals surface area contributed by atoms with Crippen molar-refractivity contribution in [3.63, 3.8) is 0 Å². The van der Waals surface area contributed by atoms with E-state index in [1.165, 1.54) is 50.2 Å². The van der Waals surface area contributed by atoms with Gasteiger partial charge in [0.15, 0.2) is 16.5 Å². The largest absolute Gasteiger partial charge is 0.368 e. The molecule has 0 aliphatic carbocycles. The zero-order chi connectivity index (χ0) is 25.5. The standard InChI is InChI=1S/C25H30ClN9OS/c26-18-6-5-7-19(14-18)31-24(36)32-25-28-15-20(37-25)8-9-27-23-22-21(29-17-30-23)16-35(33-22)13-4-3-12-34-10-1-2-11-34/h5-7,14-17H,1-4,8-13H2,(H,27,29,30)(H2,28,31,32,36).